The Morgan fingerprint density at radius 3 is 2.60 bits per heavy atom. The molecule has 7 heteroatoms. The van der Waals surface area contributed by atoms with Gasteiger partial charge in [-0.1, -0.05) is 32.0 Å². The molecule has 20 heavy (non-hydrogen) atoms. The van der Waals surface area contributed by atoms with Gasteiger partial charge in [-0.25, -0.2) is 0 Å². The standard InChI is InChI=1S/C13H25N5OS/c1-5-7-8-18-12(10(6-2)17(3)4)15-16-13(18)20-9-11(14)19/h10H,5-9H2,1-4H3,(H2,14,19)/p+1/t10-/m1/s1. The minimum Gasteiger partial charge on any atom is -0.369 e. The third-order valence-corrected chi connectivity index (χ3v) is 4.23. The van der Waals surface area contributed by atoms with Gasteiger partial charge in [-0.2, -0.15) is 0 Å². The number of thioether (sulfide) groups is 1. The Labute approximate surface area is 125 Å². The molecular weight excluding hydrogens is 274 g/mol. The van der Waals surface area contributed by atoms with Gasteiger partial charge < -0.3 is 15.2 Å². The molecule has 0 radical (unpaired) electrons. The Hall–Kier alpha value is -1.08. The summed E-state index contributed by atoms with van der Waals surface area (Å²) in [6, 6.07) is 0.322. The van der Waals surface area contributed by atoms with E-state index in [1.165, 1.54) is 16.7 Å². The molecule has 1 heterocycles. The van der Waals surface area contributed by atoms with E-state index in [0.717, 1.165) is 36.8 Å². The summed E-state index contributed by atoms with van der Waals surface area (Å²) in [5.41, 5.74) is 5.21. The predicted molar refractivity (Wildman–Crippen MR) is 80.7 cm³/mol. The van der Waals surface area contributed by atoms with Gasteiger partial charge in [-0.05, 0) is 6.42 Å². The van der Waals surface area contributed by atoms with E-state index >= 15 is 0 Å². The minimum absolute atomic E-state index is 0.246. The number of aromatic nitrogens is 3. The highest BCUT2D eigenvalue weighted by atomic mass is 32.2. The van der Waals surface area contributed by atoms with Crippen LogP contribution in [-0.2, 0) is 11.3 Å². The first-order chi connectivity index (χ1) is 9.51. The summed E-state index contributed by atoms with van der Waals surface area (Å²) >= 11 is 1.37. The molecule has 0 unspecified atom stereocenters. The second kappa shape index (κ2) is 8.26. The quantitative estimate of drug-likeness (QED) is 0.641. The van der Waals surface area contributed by atoms with Crippen molar-refractivity contribution in [1.82, 2.24) is 14.8 Å². The van der Waals surface area contributed by atoms with E-state index in [0.29, 0.717) is 6.04 Å². The summed E-state index contributed by atoms with van der Waals surface area (Å²) < 4.78 is 2.15. The van der Waals surface area contributed by atoms with Crippen LogP contribution in [0.2, 0.25) is 0 Å². The molecule has 1 atom stereocenters. The number of nitrogens with two attached hydrogens (primary N) is 1. The molecule has 0 saturated heterocycles. The Morgan fingerprint density at radius 1 is 1.40 bits per heavy atom. The maximum atomic E-state index is 10.9. The first-order valence-electron chi connectivity index (χ1n) is 7.15. The highest BCUT2D eigenvalue weighted by Crippen LogP contribution is 2.21. The molecule has 0 saturated carbocycles. The first kappa shape index (κ1) is 17.0. The third kappa shape index (κ3) is 4.49. The van der Waals surface area contributed by atoms with E-state index in [1.807, 2.05) is 0 Å². The second-order valence-corrected chi connectivity index (χ2v) is 6.08. The minimum atomic E-state index is -0.327. The smallest absolute Gasteiger partial charge is 0.227 e. The van der Waals surface area contributed by atoms with Crippen molar-refractivity contribution in [2.75, 3.05) is 19.8 Å². The van der Waals surface area contributed by atoms with Crippen molar-refractivity contribution in [2.45, 2.75) is 50.9 Å². The fraction of sp³-hybridized carbons (Fsp3) is 0.769. The van der Waals surface area contributed by atoms with Crippen LogP contribution in [0.3, 0.4) is 0 Å². The molecule has 1 aromatic heterocycles. The van der Waals surface area contributed by atoms with E-state index < -0.39 is 0 Å². The van der Waals surface area contributed by atoms with Crippen molar-refractivity contribution in [3.63, 3.8) is 0 Å². The number of hydrogen-bond donors (Lipinski definition) is 2. The number of hydrogen-bond acceptors (Lipinski definition) is 4. The fourth-order valence-corrected chi connectivity index (χ4v) is 2.89. The Kier molecular flexibility index (Phi) is 7.01. The number of quaternary nitrogens is 1. The number of carbonyl (C=O) groups excluding carboxylic acids is 1. The van der Waals surface area contributed by atoms with Gasteiger partial charge in [-0.3, -0.25) is 4.79 Å². The van der Waals surface area contributed by atoms with Crippen LogP contribution in [-0.4, -0.2) is 40.5 Å². The molecule has 6 nitrogen and oxygen atoms in total. The topological polar surface area (TPSA) is 78.2 Å². The van der Waals surface area contributed by atoms with Crippen LogP contribution in [0.4, 0.5) is 0 Å². The van der Waals surface area contributed by atoms with Gasteiger partial charge in [0.25, 0.3) is 0 Å². The average Bonchev–Trinajstić information content (AvgIpc) is 2.77. The average molecular weight is 300 g/mol. The summed E-state index contributed by atoms with van der Waals surface area (Å²) in [6.07, 6.45) is 3.20. The highest BCUT2D eigenvalue weighted by molar-refractivity contribution is 7.99. The normalized spacial score (nSPS) is 12.8. The van der Waals surface area contributed by atoms with Crippen LogP contribution in [0.1, 0.15) is 45.0 Å². The summed E-state index contributed by atoms with van der Waals surface area (Å²) in [6.45, 7) is 5.21. The Balaban J connectivity index is 3.00. The van der Waals surface area contributed by atoms with Crippen LogP contribution in [0, 0.1) is 0 Å². The van der Waals surface area contributed by atoms with Crippen LogP contribution >= 0.6 is 11.8 Å². The molecule has 1 rings (SSSR count). The molecule has 1 amide bonds. The highest BCUT2D eigenvalue weighted by Gasteiger charge is 2.24. The molecule has 1 aromatic rings. The summed E-state index contributed by atoms with van der Waals surface area (Å²) in [4.78, 5) is 12.3. The number of rotatable bonds is 9. The molecule has 0 bridgehead atoms. The number of amides is 1. The maximum Gasteiger partial charge on any atom is 0.227 e. The zero-order chi connectivity index (χ0) is 15.1. The lowest BCUT2D eigenvalue weighted by molar-refractivity contribution is -0.893. The third-order valence-electron chi connectivity index (χ3n) is 3.24. The van der Waals surface area contributed by atoms with Crippen LogP contribution < -0.4 is 10.6 Å². The number of nitrogens with one attached hydrogen (secondary N) is 1. The Bertz CT molecular complexity index is 432. The van der Waals surface area contributed by atoms with Gasteiger partial charge in [0, 0.05) is 13.0 Å². The number of nitrogens with zero attached hydrogens (tertiary/aromatic N) is 3. The number of primary amides is 1. The van der Waals surface area contributed by atoms with Crippen molar-refractivity contribution in [3.05, 3.63) is 5.82 Å². The van der Waals surface area contributed by atoms with E-state index in [4.69, 9.17) is 5.73 Å². The SMILES string of the molecule is CCCCn1c(SCC(N)=O)nnc1[C@@H](CC)[NH+](C)C. The van der Waals surface area contributed by atoms with Crippen LogP contribution in [0.5, 0.6) is 0 Å². The van der Waals surface area contributed by atoms with Crippen LogP contribution in [0.15, 0.2) is 5.16 Å². The molecule has 0 fully saturated rings. The summed E-state index contributed by atoms with van der Waals surface area (Å²) in [7, 11) is 4.26. The van der Waals surface area contributed by atoms with E-state index in [1.54, 1.807) is 0 Å². The zero-order valence-corrected chi connectivity index (χ0v) is 13.7. The molecule has 3 N–H and O–H groups in total. The van der Waals surface area contributed by atoms with Gasteiger partial charge in [-0.15, -0.1) is 10.2 Å². The lowest BCUT2D eigenvalue weighted by Crippen LogP contribution is -3.06. The molecule has 0 aliphatic rings. The second-order valence-electron chi connectivity index (χ2n) is 5.14. The molecule has 0 aliphatic carbocycles. The van der Waals surface area contributed by atoms with E-state index in [2.05, 4.69) is 42.7 Å². The Morgan fingerprint density at radius 2 is 2.10 bits per heavy atom. The van der Waals surface area contributed by atoms with Crippen molar-refractivity contribution in [1.29, 1.82) is 0 Å². The van der Waals surface area contributed by atoms with Crippen LogP contribution in [0.25, 0.3) is 0 Å². The first-order valence-corrected chi connectivity index (χ1v) is 8.14. The van der Waals surface area contributed by atoms with Gasteiger partial charge >= 0.3 is 0 Å². The van der Waals surface area contributed by atoms with Crippen molar-refractivity contribution < 1.29 is 9.69 Å². The van der Waals surface area contributed by atoms with Crippen molar-refractivity contribution >= 4 is 17.7 Å². The monoisotopic (exact) mass is 300 g/mol. The molecule has 0 aromatic carbocycles. The summed E-state index contributed by atoms with van der Waals surface area (Å²) in [5.74, 6) is 0.926. The van der Waals surface area contributed by atoms with Gasteiger partial charge in [0.1, 0.15) is 6.04 Å². The largest absolute Gasteiger partial charge is 0.369 e. The lowest BCUT2D eigenvalue weighted by Gasteiger charge is -2.20. The molecule has 0 aliphatic heterocycles. The van der Waals surface area contributed by atoms with Gasteiger partial charge in [0.15, 0.2) is 11.0 Å². The maximum absolute atomic E-state index is 10.9. The van der Waals surface area contributed by atoms with E-state index in [-0.39, 0.29) is 11.7 Å². The molecular formula is C13H26N5OS+. The van der Waals surface area contributed by atoms with Crippen molar-refractivity contribution in [2.24, 2.45) is 5.73 Å². The molecule has 114 valence electrons. The summed E-state index contributed by atoms with van der Waals surface area (Å²) in [5, 5.41) is 9.40. The van der Waals surface area contributed by atoms with E-state index in [9.17, 15) is 4.79 Å². The molecule has 0 spiro atoms. The van der Waals surface area contributed by atoms with Gasteiger partial charge in [0.2, 0.25) is 5.91 Å². The lowest BCUT2D eigenvalue weighted by atomic mass is 10.2. The fourth-order valence-electron chi connectivity index (χ4n) is 2.18. The predicted octanol–water partition coefficient (Wildman–Crippen LogP) is 0.251. The number of unbranched alkanes of at least 4 members (excludes halogenated alkanes) is 1. The van der Waals surface area contributed by atoms with Gasteiger partial charge in [0.05, 0.1) is 19.8 Å². The van der Waals surface area contributed by atoms with Crippen molar-refractivity contribution in [3.8, 4) is 0 Å². The zero-order valence-electron chi connectivity index (χ0n) is 12.8. The number of carbonyl (C=O) groups is 1.